The quantitative estimate of drug-likeness (QED) is 0.556. The Balaban J connectivity index is 1.57. The van der Waals surface area contributed by atoms with E-state index >= 15 is 0 Å². The summed E-state index contributed by atoms with van der Waals surface area (Å²) in [4.78, 5) is 21.2. The van der Waals surface area contributed by atoms with Gasteiger partial charge in [-0.05, 0) is 55.5 Å². The van der Waals surface area contributed by atoms with Crippen molar-refractivity contribution in [3.63, 3.8) is 0 Å². The predicted octanol–water partition coefficient (Wildman–Crippen LogP) is 4.19. The summed E-state index contributed by atoms with van der Waals surface area (Å²) in [6.07, 6.45) is 0.873. The van der Waals surface area contributed by atoms with Crippen molar-refractivity contribution in [1.82, 2.24) is 9.97 Å². The number of anilines is 1. The maximum Gasteiger partial charge on any atom is 0.233 e. The zero-order valence-electron chi connectivity index (χ0n) is 16.9. The van der Waals surface area contributed by atoms with Crippen molar-refractivity contribution in [2.75, 3.05) is 5.32 Å². The second-order valence-corrected chi connectivity index (χ2v) is 8.23. The molecule has 1 aliphatic carbocycles. The van der Waals surface area contributed by atoms with E-state index < -0.39 is 30.0 Å². The summed E-state index contributed by atoms with van der Waals surface area (Å²) < 4.78 is 20.1. The first kappa shape index (κ1) is 21.5. The fourth-order valence-electron chi connectivity index (χ4n) is 3.83. The standard InChI is InChI=1S/C23H22ClFN3O3/c1-12-6-18(20(25)21(12)29)28-23-17(10-26-11-27-23)22(30)19-9-15(13(2)31-19)7-14-4-3-5-16(24)8-14/h3-5,8-12,18,20-21,29H,1,6-7H2,2H3,(H,26,27,28)/t12-,18-,20-,21-/m1/s1. The number of nitrogens with one attached hydrogen (secondary N) is 1. The van der Waals surface area contributed by atoms with Crippen LogP contribution in [-0.2, 0) is 6.42 Å². The average Bonchev–Trinajstić information content (AvgIpc) is 3.22. The van der Waals surface area contributed by atoms with E-state index in [0.29, 0.717) is 23.6 Å². The SMILES string of the molecule is [CH2][C@@H]1C[C@@H](Nc2ncncc2C(=O)c2cc(Cc3cccc(Cl)c3)c(C)o2)[C@@H](F)[C@@H]1O. The number of hydrogen-bond donors (Lipinski definition) is 2. The highest BCUT2D eigenvalue weighted by Gasteiger charge is 2.41. The highest BCUT2D eigenvalue weighted by atomic mass is 35.5. The highest BCUT2D eigenvalue weighted by Crippen LogP contribution is 2.31. The normalized spacial score (nSPS) is 23.1. The largest absolute Gasteiger partial charge is 0.458 e. The molecule has 4 rings (SSSR count). The fourth-order valence-corrected chi connectivity index (χ4v) is 4.04. The molecular formula is C23H22ClFN3O3. The van der Waals surface area contributed by atoms with Gasteiger partial charge < -0.3 is 14.8 Å². The number of ketones is 1. The number of carbonyl (C=O) groups is 1. The van der Waals surface area contributed by atoms with Crippen LogP contribution in [0.5, 0.6) is 0 Å². The van der Waals surface area contributed by atoms with Crippen LogP contribution >= 0.6 is 11.6 Å². The number of aliphatic hydroxyl groups excluding tert-OH is 1. The molecule has 1 saturated carbocycles. The Morgan fingerprint density at radius 2 is 2.23 bits per heavy atom. The smallest absolute Gasteiger partial charge is 0.233 e. The summed E-state index contributed by atoms with van der Waals surface area (Å²) in [5, 5.41) is 13.4. The molecule has 8 heteroatoms. The van der Waals surface area contributed by atoms with Gasteiger partial charge in [0.2, 0.25) is 5.78 Å². The number of aryl methyl sites for hydroxylation is 1. The molecular weight excluding hydrogens is 421 g/mol. The molecule has 3 aromatic rings. The predicted molar refractivity (Wildman–Crippen MR) is 115 cm³/mol. The van der Waals surface area contributed by atoms with E-state index in [4.69, 9.17) is 16.0 Å². The molecule has 4 atom stereocenters. The van der Waals surface area contributed by atoms with E-state index in [0.717, 1.165) is 11.1 Å². The summed E-state index contributed by atoms with van der Waals surface area (Å²) in [6.45, 7) is 5.56. The van der Waals surface area contributed by atoms with Crippen LogP contribution < -0.4 is 5.32 Å². The molecule has 1 aromatic carbocycles. The molecule has 1 fully saturated rings. The Hall–Kier alpha value is -2.77. The minimum Gasteiger partial charge on any atom is -0.458 e. The number of alkyl halides is 1. The monoisotopic (exact) mass is 442 g/mol. The van der Waals surface area contributed by atoms with Crippen LogP contribution in [0.4, 0.5) is 10.2 Å². The van der Waals surface area contributed by atoms with Crippen LogP contribution in [0.2, 0.25) is 5.02 Å². The first-order valence-electron chi connectivity index (χ1n) is 9.93. The molecule has 161 valence electrons. The van der Waals surface area contributed by atoms with Crippen LogP contribution in [0.1, 0.15) is 39.4 Å². The van der Waals surface area contributed by atoms with E-state index in [1.165, 1.54) is 12.5 Å². The molecule has 0 saturated heterocycles. The van der Waals surface area contributed by atoms with Gasteiger partial charge in [-0.2, -0.15) is 0 Å². The van der Waals surface area contributed by atoms with Crippen LogP contribution in [0, 0.1) is 19.8 Å². The molecule has 0 bridgehead atoms. The minimum absolute atomic E-state index is 0.144. The number of aromatic nitrogens is 2. The van der Waals surface area contributed by atoms with Gasteiger partial charge in [0.15, 0.2) is 5.76 Å². The summed E-state index contributed by atoms with van der Waals surface area (Å²) in [5.74, 6) is 0.112. The maximum absolute atomic E-state index is 14.4. The highest BCUT2D eigenvalue weighted by molar-refractivity contribution is 6.30. The van der Waals surface area contributed by atoms with Crippen molar-refractivity contribution in [2.24, 2.45) is 5.92 Å². The molecule has 2 heterocycles. The van der Waals surface area contributed by atoms with Gasteiger partial charge in [0.1, 0.15) is 24.1 Å². The third kappa shape index (κ3) is 4.48. The molecule has 0 unspecified atom stereocenters. The van der Waals surface area contributed by atoms with E-state index in [-0.39, 0.29) is 17.1 Å². The van der Waals surface area contributed by atoms with E-state index in [1.807, 2.05) is 18.2 Å². The average molecular weight is 443 g/mol. The number of rotatable bonds is 6. The number of carbonyl (C=O) groups excluding carboxylic acids is 1. The van der Waals surface area contributed by atoms with E-state index in [9.17, 15) is 14.3 Å². The number of nitrogens with zero attached hydrogens (tertiary/aromatic N) is 2. The Morgan fingerprint density at radius 1 is 1.42 bits per heavy atom. The van der Waals surface area contributed by atoms with Crippen LogP contribution in [-0.4, -0.2) is 39.2 Å². The minimum atomic E-state index is -1.50. The second-order valence-electron chi connectivity index (χ2n) is 7.79. The van der Waals surface area contributed by atoms with Gasteiger partial charge in [-0.3, -0.25) is 4.79 Å². The molecule has 1 radical (unpaired) electrons. The lowest BCUT2D eigenvalue weighted by atomic mass is 10.0. The number of benzene rings is 1. The van der Waals surface area contributed by atoms with Gasteiger partial charge in [0.25, 0.3) is 0 Å². The van der Waals surface area contributed by atoms with Crippen molar-refractivity contribution in [3.05, 3.63) is 83.0 Å². The summed E-state index contributed by atoms with van der Waals surface area (Å²) >= 11 is 6.06. The van der Waals surface area contributed by atoms with Gasteiger partial charge in [-0.1, -0.05) is 23.7 Å². The van der Waals surface area contributed by atoms with Gasteiger partial charge in [0, 0.05) is 17.6 Å². The summed E-state index contributed by atoms with van der Waals surface area (Å²) in [6, 6.07) is 8.48. The molecule has 2 N–H and O–H groups in total. The van der Waals surface area contributed by atoms with Crippen LogP contribution in [0.25, 0.3) is 0 Å². The van der Waals surface area contributed by atoms with E-state index in [2.05, 4.69) is 22.2 Å². The number of furan rings is 1. The summed E-state index contributed by atoms with van der Waals surface area (Å²) in [5.41, 5.74) is 2.02. The van der Waals surface area contributed by atoms with Crippen molar-refractivity contribution in [1.29, 1.82) is 0 Å². The summed E-state index contributed by atoms with van der Waals surface area (Å²) in [7, 11) is 0. The number of hydrogen-bond acceptors (Lipinski definition) is 6. The Labute approximate surface area is 184 Å². The van der Waals surface area contributed by atoms with Gasteiger partial charge in [-0.15, -0.1) is 0 Å². The van der Waals surface area contributed by atoms with Crippen molar-refractivity contribution in [2.45, 2.75) is 38.1 Å². The second kappa shape index (κ2) is 8.77. The molecule has 0 aliphatic heterocycles. The fraction of sp³-hybridized carbons (Fsp3) is 0.304. The van der Waals surface area contributed by atoms with Gasteiger partial charge in [-0.25, -0.2) is 14.4 Å². The number of halogens is 2. The lowest BCUT2D eigenvalue weighted by Gasteiger charge is -2.17. The van der Waals surface area contributed by atoms with Gasteiger partial charge in [0.05, 0.1) is 17.7 Å². The van der Waals surface area contributed by atoms with Crippen molar-refractivity contribution >= 4 is 23.2 Å². The molecule has 0 spiro atoms. The third-order valence-electron chi connectivity index (χ3n) is 5.56. The lowest BCUT2D eigenvalue weighted by Crippen LogP contribution is -2.32. The van der Waals surface area contributed by atoms with Crippen LogP contribution in [0.15, 0.2) is 47.3 Å². The maximum atomic E-state index is 14.4. The lowest BCUT2D eigenvalue weighted by molar-refractivity contribution is 0.0793. The van der Waals surface area contributed by atoms with Crippen molar-refractivity contribution in [3.8, 4) is 0 Å². The Morgan fingerprint density at radius 3 is 2.94 bits per heavy atom. The zero-order chi connectivity index (χ0) is 22.1. The molecule has 2 aromatic heterocycles. The van der Waals surface area contributed by atoms with Crippen LogP contribution in [0.3, 0.4) is 0 Å². The topological polar surface area (TPSA) is 88.3 Å². The zero-order valence-corrected chi connectivity index (χ0v) is 17.6. The molecule has 1 aliphatic rings. The molecule has 0 amide bonds. The Kier molecular flexibility index (Phi) is 6.07. The number of aliphatic hydroxyl groups is 1. The molecule has 31 heavy (non-hydrogen) atoms. The first-order chi connectivity index (χ1) is 14.8. The molecule has 6 nitrogen and oxygen atoms in total. The van der Waals surface area contributed by atoms with Gasteiger partial charge >= 0.3 is 0 Å². The van der Waals surface area contributed by atoms with Crippen molar-refractivity contribution < 1.29 is 18.7 Å². The first-order valence-corrected chi connectivity index (χ1v) is 10.3. The third-order valence-corrected chi connectivity index (χ3v) is 5.79. The van der Waals surface area contributed by atoms with E-state index in [1.54, 1.807) is 19.1 Å². The Bertz CT molecular complexity index is 1100.